The summed E-state index contributed by atoms with van der Waals surface area (Å²) in [5.41, 5.74) is 0.924. The number of hydrogen-bond donors (Lipinski definition) is 1. The van der Waals surface area contributed by atoms with Gasteiger partial charge in [0.2, 0.25) is 0 Å². The summed E-state index contributed by atoms with van der Waals surface area (Å²) in [5, 5.41) is 3.78. The summed E-state index contributed by atoms with van der Waals surface area (Å²) in [7, 11) is 0. The molecule has 4 aliphatic rings. The molecule has 4 fully saturated rings. The lowest BCUT2D eigenvalue weighted by Crippen LogP contribution is -2.57. The molecule has 1 aromatic carbocycles. The maximum absolute atomic E-state index is 15.2. The number of rotatable bonds is 5. The number of amides is 1. The Hall–Kier alpha value is -1.77. The van der Waals surface area contributed by atoms with Crippen molar-refractivity contribution in [3.05, 3.63) is 23.6 Å². The first-order valence-electron chi connectivity index (χ1n) is 10.6. The molecule has 1 aromatic heterocycles. The topological polar surface area (TPSA) is 57.7 Å². The molecule has 2 aromatic rings. The van der Waals surface area contributed by atoms with Gasteiger partial charge in [0.25, 0.3) is 5.91 Å². The summed E-state index contributed by atoms with van der Waals surface area (Å²) in [5.74, 6) is 0.0874. The summed E-state index contributed by atoms with van der Waals surface area (Å²) in [4.78, 5) is 17.3. The van der Waals surface area contributed by atoms with Gasteiger partial charge in [-0.2, -0.15) is 4.37 Å². The van der Waals surface area contributed by atoms with Gasteiger partial charge in [-0.1, -0.05) is 0 Å². The van der Waals surface area contributed by atoms with Gasteiger partial charge in [0.15, 0.2) is 5.82 Å². The van der Waals surface area contributed by atoms with Crippen molar-refractivity contribution in [2.45, 2.75) is 38.3 Å². The lowest BCUT2D eigenvalue weighted by molar-refractivity contribution is 0.0619. The zero-order valence-corrected chi connectivity index (χ0v) is 17.5. The molecule has 5 heterocycles. The van der Waals surface area contributed by atoms with Crippen LogP contribution in [0, 0.1) is 11.7 Å². The van der Waals surface area contributed by atoms with Crippen LogP contribution in [0.2, 0.25) is 0 Å². The average molecular weight is 419 g/mol. The fourth-order valence-electron chi connectivity index (χ4n) is 5.05. The third-order valence-electron chi connectivity index (χ3n) is 6.64. The van der Waals surface area contributed by atoms with Crippen LogP contribution in [-0.2, 0) is 4.74 Å². The molecule has 0 saturated carbocycles. The Labute approximate surface area is 174 Å². The number of halogens is 1. The molecule has 0 spiro atoms. The number of benzene rings is 1. The molecule has 8 heteroatoms. The van der Waals surface area contributed by atoms with Crippen molar-refractivity contribution in [3.8, 4) is 0 Å². The van der Waals surface area contributed by atoms with Crippen LogP contribution in [0.1, 0.15) is 36.7 Å². The number of anilines is 1. The van der Waals surface area contributed by atoms with Crippen LogP contribution in [0.5, 0.6) is 0 Å². The van der Waals surface area contributed by atoms with Gasteiger partial charge in [0.1, 0.15) is 5.69 Å². The molecule has 0 radical (unpaired) electrons. The normalized spacial score (nSPS) is 29.0. The molecule has 29 heavy (non-hydrogen) atoms. The van der Waals surface area contributed by atoms with Gasteiger partial charge < -0.3 is 19.9 Å². The molecule has 1 N–H and O–H groups in total. The number of carbonyl (C=O) groups excluding carboxylic acids is 1. The van der Waals surface area contributed by atoms with Crippen LogP contribution in [0.3, 0.4) is 0 Å². The van der Waals surface area contributed by atoms with Crippen molar-refractivity contribution >= 4 is 33.2 Å². The number of piperidine rings is 3. The number of nitrogens with one attached hydrogen (secondary N) is 1. The van der Waals surface area contributed by atoms with Gasteiger partial charge in [-0.15, -0.1) is 0 Å². The minimum Gasteiger partial charge on any atom is -0.377 e. The lowest BCUT2D eigenvalue weighted by Gasteiger charge is -2.44. The van der Waals surface area contributed by atoms with E-state index in [1.807, 2.05) is 17.9 Å². The van der Waals surface area contributed by atoms with Gasteiger partial charge in [-0.05, 0) is 68.9 Å². The van der Waals surface area contributed by atoms with E-state index < -0.39 is 0 Å². The second kappa shape index (κ2) is 7.81. The first kappa shape index (κ1) is 19.2. The van der Waals surface area contributed by atoms with E-state index in [0.29, 0.717) is 40.5 Å². The van der Waals surface area contributed by atoms with Crippen molar-refractivity contribution < 1.29 is 13.9 Å². The number of hydrogen-bond acceptors (Lipinski definition) is 6. The van der Waals surface area contributed by atoms with E-state index in [1.54, 1.807) is 6.07 Å². The zero-order chi connectivity index (χ0) is 20.0. The van der Waals surface area contributed by atoms with Gasteiger partial charge >= 0.3 is 0 Å². The fraction of sp³-hybridized carbons (Fsp3) is 0.619. The summed E-state index contributed by atoms with van der Waals surface area (Å²) < 4.78 is 25.7. The Kier molecular flexibility index (Phi) is 5.17. The van der Waals surface area contributed by atoms with Crippen molar-refractivity contribution in [2.24, 2.45) is 5.92 Å². The van der Waals surface area contributed by atoms with E-state index in [0.717, 1.165) is 57.0 Å². The van der Waals surface area contributed by atoms with E-state index in [1.165, 1.54) is 0 Å². The largest absolute Gasteiger partial charge is 0.377 e. The van der Waals surface area contributed by atoms with Gasteiger partial charge in [0.05, 0.1) is 16.5 Å². The Morgan fingerprint density at radius 1 is 1.28 bits per heavy atom. The second-order valence-corrected chi connectivity index (χ2v) is 9.11. The predicted octanol–water partition coefficient (Wildman–Crippen LogP) is 2.87. The number of ether oxygens (including phenoxy) is 1. The molecule has 4 saturated heterocycles. The number of fused-ring (bicyclic) bond motifs is 4. The molecule has 156 valence electrons. The molecular formula is C21H27FN4O2S. The summed E-state index contributed by atoms with van der Waals surface area (Å²) >= 11 is 1.08. The standard InChI is InChI=1S/C21H27FN4O2S/c1-2-28-14-7-10-26(11-14)17-4-3-15-19(24-29-20(15)18(17)22)21(27)23-16-12-25-8-5-13(16)6-9-25/h3-4,13-14,16H,2,5-12H2,1H3,(H,23,27)/t14?,16-/m1/s1. The fourth-order valence-corrected chi connectivity index (χ4v) is 5.87. The van der Waals surface area contributed by atoms with Crippen LogP contribution in [0.25, 0.3) is 10.1 Å². The van der Waals surface area contributed by atoms with Crippen LogP contribution in [0.4, 0.5) is 10.1 Å². The Bertz CT molecular complexity index is 911. The smallest absolute Gasteiger partial charge is 0.271 e. The predicted molar refractivity (Wildman–Crippen MR) is 112 cm³/mol. The molecular weight excluding hydrogens is 391 g/mol. The van der Waals surface area contributed by atoms with Gasteiger partial charge in [0, 0.05) is 37.7 Å². The minimum atomic E-state index is -0.279. The summed E-state index contributed by atoms with van der Waals surface area (Å²) in [6, 6.07) is 3.80. The number of nitrogens with zero attached hydrogens (tertiary/aromatic N) is 3. The minimum absolute atomic E-state index is 0.152. The highest BCUT2D eigenvalue weighted by Gasteiger charge is 2.35. The maximum atomic E-state index is 15.2. The van der Waals surface area contributed by atoms with E-state index in [2.05, 4.69) is 14.6 Å². The van der Waals surface area contributed by atoms with E-state index >= 15 is 4.39 Å². The first-order valence-corrected chi connectivity index (χ1v) is 11.4. The zero-order valence-electron chi connectivity index (χ0n) is 16.7. The average Bonchev–Trinajstić information content (AvgIpc) is 3.37. The first-order chi connectivity index (χ1) is 14.1. The van der Waals surface area contributed by atoms with Crippen LogP contribution < -0.4 is 10.2 Å². The Morgan fingerprint density at radius 3 is 2.83 bits per heavy atom. The van der Waals surface area contributed by atoms with Crippen LogP contribution in [-0.4, -0.2) is 66.7 Å². The SMILES string of the molecule is CCOC1CCN(c2ccc3c(C(=O)N[C@@H]4CN5CCC4CC5)nsc3c2F)C1. The number of aromatic nitrogens is 1. The molecule has 6 nitrogen and oxygen atoms in total. The number of carbonyl (C=O) groups is 1. The Morgan fingerprint density at radius 2 is 2.10 bits per heavy atom. The molecule has 4 aliphatic heterocycles. The van der Waals surface area contributed by atoms with E-state index in [4.69, 9.17) is 4.74 Å². The molecule has 2 atom stereocenters. The lowest BCUT2D eigenvalue weighted by atomic mass is 9.84. The second-order valence-electron chi connectivity index (χ2n) is 8.34. The highest BCUT2D eigenvalue weighted by atomic mass is 32.1. The third kappa shape index (κ3) is 3.51. The van der Waals surface area contributed by atoms with Crippen LogP contribution in [0.15, 0.2) is 12.1 Å². The highest BCUT2D eigenvalue weighted by Crippen LogP contribution is 2.34. The van der Waals surface area contributed by atoms with Crippen LogP contribution >= 0.6 is 11.5 Å². The molecule has 6 rings (SSSR count). The van der Waals surface area contributed by atoms with Crippen molar-refractivity contribution in [2.75, 3.05) is 44.2 Å². The van der Waals surface area contributed by atoms with Crippen molar-refractivity contribution in [1.82, 2.24) is 14.6 Å². The maximum Gasteiger partial charge on any atom is 0.271 e. The van der Waals surface area contributed by atoms with E-state index in [9.17, 15) is 4.79 Å². The quantitative estimate of drug-likeness (QED) is 0.809. The van der Waals surface area contributed by atoms with E-state index in [-0.39, 0.29) is 23.9 Å². The summed E-state index contributed by atoms with van der Waals surface area (Å²) in [6.07, 6.45) is 3.33. The molecule has 2 bridgehead atoms. The van der Waals surface area contributed by atoms with Gasteiger partial charge in [-0.25, -0.2) is 4.39 Å². The Balaban J connectivity index is 1.35. The highest BCUT2D eigenvalue weighted by molar-refractivity contribution is 7.13. The molecule has 1 amide bonds. The molecule has 0 aliphatic carbocycles. The van der Waals surface area contributed by atoms with Crippen molar-refractivity contribution in [1.29, 1.82) is 0 Å². The summed E-state index contributed by atoms with van der Waals surface area (Å²) in [6.45, 7) is 7.30. The monoisotopic (exact) mass is 418 g/mol. The molecule has 1 unspecified atom stereocenters. The van der Waals surface area contributed by atoms with Gasteiger partial charge in [-0.3, -0.25) is 4.79 Å². The third-order valence-corrected chi connectivity index (χ3v) is 7.49. The van der Waals surface area contributed by atoms with Crippen molar-refractivity contribution in [3.63, 3.8) is 0 Å².